The van der Waals surface area contributed by atoms with Crippen LogP contribution in [0, 0.1) is 10.1 Å². The lowest BCUT2D eigenvalue weighted by Gasteiger charge is -2.05. The molecule has 0 amide bonds. The number of benzene rings is 2. The molecule has 0 bridgehead atoms. The van der Waals surface area contributed by atoms with Crippen molar-refractivity contribution in [1.82, 2.24) is 0 Å². The van der Waals surface area contributed by atoms with Crippen LogP contribution in [0.15, 0.2) is 48.2 Å². The normalized spacial score (nSPS) is 17.9. The van der Waals surface area contributed by atoms with Crippen molar-refractivity contribution in [3.63, 3.8) is 0 Å². The van der Waals surface area contributed by atoms with E-state index in [1.54, 1.807) is 24.3 Å². The molecule has 0 saturated carbocycles. The van der Waals surface area contributed by atoms with Crippen LogP contribution < -0.4 is 9.47 Å². The average molecular weight is 299 g/mol. The molecule has 1 aliphatic rings. The predicted molar refractivity (Wildman–Crippen MR) is 79.7 cm³/mol. The summed E-state index contributed by atoms with van der Waals surface area (Å²) in [6.45, 7) is 0. The van der Waals surface area contributed by atoms with Gasteiger partial charge in [-0.15, -0.1) is 0 Å². The number of rotatable bonds is 3. The van der Waals surface area contributed by atoms with Crippen LogP contribution in [0.1, 0.15) is 17.2 Å². The molecule has 0 aliphatic carbocycles. The minimum absolute atomic E-state index is 0.137. The molecule has 6 heteroatoms. The number of aliphatic hydroxyl groups is 1. The van der Waals surface area contributed by atoms with E-state index >= 15 is 0 Å². The summed E-state index contributed by atoms with van der Waals surface area (Å²) < 4.78 is 10.6. The first-order chi connectivity index (χ1) is 10.6. The fraction of sp³-hybridized carbons (Fsp3) is 0.125. The Morgan fingerprint density at radius 3 is 2.77 bits per heavy atom. The Labute approximate surface area is 126 Å². The van der Waals surface area contributed by atoms with Gasteiger partial charge >= 0.3 is 5.69 Å². The van der Waals surface area contributed by atoms with E-state index in [9.17, 15) is 15.2 Å². The third-order valence-corrected chi connectivity index (χ3v) is 3.42. The Morgan fingerprint density at radius 2 is 2.09 bits per heavy atom. The van der Waals surface area contributed by atoms with Crippen molar-refractivity contribution in [2.75, 3.05) is 7.11 Å². The summed E-state index contributed by atoms with van der Waals surface area (Å²) in [5.41, 5.74) is 1.09. The van der Waals surface area contributed by atoms with Crippen molar-refractivity contribution in [1.29, 1.82) is 0 Å². The highest BCUT2D eigenvalue weighted by Gasteiger charge is 2.27. The highest BCUT2D eigenvalue weighted by Crippen LogP contribution is 2.39. The van der Waals surface area contributed by atoms with Crippen molar-refractivity contribution in [2.24, 2.45) is 0 Å². The number of hydrogen-bond acceptors (Lipinski definition) is 5. The van der Waals surface area contributed by atoms with E-state index in [-0.39, 0.29) is 11.4 Å². The minimum atomic E-state index is -0.877. The zero-order chi connectivity index (χ0) is 15.7. The van der Waals surface area contributed by atoms with Gasteiger partial charge in [0.2, 0.25) is 0 Å². The molecule has 0 unspecified atom stereocenters. The van der Waals surface area contributed by atoms with Gasteiger partial charge in [-0.1, -0.05) is 24.3 Å². The van der Waals surface area contributed by atoms with E-state index in [2.05, 4.69) is 0 Å². The molecule has 2 aromatic rings. The molecule has 0 saturated heterocycles. The first-order valence-corrected chi connectivity index (χ1v) is 6.59. The monoisotopic (exact) mass is 299 g/mol. The van der Waals surface area contributed by atoms with Crippen LogP contribution in [0.4, 0.5) is 5.69 Å². The maximum Gasteiger partial charge on any atom is 0.311 e. The summed E-state index contributed by atoms with van der Waals surface area (Å²) in [5.74, 6) is 1.10. The van der Waals surface area contributed by atoms with Crippen LogP contribution in [0.5, 0.6) is 11.5 Å². The van der Waals surface area contributed by atoms with Crippen molar-refractivity contribution in [2.45, 2.75) is 6.10 Å². The van der Waals surface area contributed by atoms with Crippen molar-refractivity contribution in [3.05, 3.63) is 69.5 Å². The summed E-state index contributed by atoms with van der Waals surface area (Å²) in [5, 5.41) is 21.3. The average Bonchev–Trinajstić information content (AvgIpc) is 2.84. The summed E-state index contributed by atoms with van der Waals surface area (Å²) in [6, 6.07) is 11.7. The van der Waals surface area contributed by atoms with E-state index < -0.39 is 11.0 Å². The van der Waals surface area contributed by atoms with E-state index in [1.165, 1.54) is 19.2 Å². The largest absolute Gasteiger partial charge is 0.490 e. The number of para-hydroxylation sites is 1. The second-order valence-electron chi connectivity index (χ2n) is 4.78. The van der Waals surface area contributed by atoms with Gasteiger partial charge in [0.25, 0.3) is 0 Å². The maximum atomic E-state index is 11.0. The zero-order valence-electron chi connectivity index (χ0n) is 11.7. The molecule has 1 heterocycles. The molecule has 6 nitrogen and oxygen atoms in total. The Hall–Kier alpha value is -2.86. The second-order valence-corrected chi connectivity index (χ2v) is 4.78. The number of aliphatic hydroxyl groups excluding tert-OH is 1. The molecule has 2 aromatic carbocycles. The van der Waals surface area contributed by atoms with Crippen LogP contribution in [-0.2, 0) is 0 Å². The molecule has 3 rings (SSSR count). The molecule has 1 N–H and O–H groups in total. The fourth-order valence-electron chi connectivity index (χ4n) is 2.35. The molecule has 1 aliphatic heterocycles. The highest BCUT2D eigenvalue weighted by molar-refractivity contribution is 5.62. The van der Waals surface area contributed by atoms with Crippen LogP contribution in [0.3, 0.4) is 0 Å². The van der Waals surface area contributed by atoms with Crippen LogP contribution >= 0.6 is 0 Å². The summed E-state index contributed by atoms with van der Waals surface area (Å²) in [6.07, 6.45) is 0.703. The Kier molecular flexibility index (Phi) is 3.52. The summed E-state index contributed by atoms with van der Waals surface area (Å²) >= 11 is 0. The SMILES string of the molecule is COc1ccc(/C=C2\Oc3ccccc3[C@@H]2O)cc1[N+](=O)[O-]. The van der Waals surface area contributed by atoms with Crippen molar-refractivity contribution >= 4 is 11.8 Å². The topological polar surface area (TPSA) is 81.8 Å². The minimum Gasteiger partial charge on any atom is -0.490 e. The van der Waals surface area contributed by atoms with Crippen LogP contribution in [0.2, 0.25) is 0 Å². The van der Waals surface area contributed by atoms with Crippen LogP contribution in [-0.4, -0.2) is 17.1 Å². The van der Waals surface area contributed by atoms with E-state index in [1.807, 2.05) is 12.1 Å². The van der Waals surface area contributed by atoms with Crippen LogP contribution in [0.25, 0.3) is 6.08 Å². The summed E-state index contributed by atoms with van der Waals surface area (Å²) in [4.78, 5) is 10.5. The number of fused-ring (bicyclic) bond motifs is 1. The van der Waals surface area contributed by atoms with Gasteiger partial charge in [0, 0.05) is 11.6 Å². The molecule has 0 aromatic heterocycles. The molecule has 22 heavy (non-hydrogen) atoms. The van der Waals surface area contributed by atoms with Gasteiger partial charge in [-0.05, 0) is 23.8 Å². The van der Waals surface area contributed by atoms with Gasteiger partial charge in [-0.25, -0.2) is 0 Å². The quantitative estimate of drug-likeness (QED) is 0.695. The highest BCUT2D eigenvalue weighted by atomic mass is 16.6. The molecular formula is C16H13NO5. The third kappa shape index (κ3) is 2.40. The Bertz CT molecular complexity index is 769. The van der Waals surface area contributed by atoms with E-state index in [4.69, 9.17) is 9.47 Å². The molecule has 1 atom stereocenters. The van der Waals surface area contributed by atoms with E-state index in [0.29, 0.717) is 22.6 Å². The molecule has 112 valence electrons. The standard InChI is InChI=1S/C16H13NO5/c1-21-14-7-6-10(8-12(14)17(19)20)9-15-16(18)11-4-2-3-5-13(11)22-15/h2-9,16,18H,1H3/b15-9-/t16-/m0/s1. The number of nitro groups is 1. The number of methoxy groups -OCH3 is 1. The number of ether oxygens (including phenoxy) is 2. The lowest BCUT2D eigenvalue weighted by atomic mass is 10.1. The Balaban J connectivity index is 1.97. The third-order valence-electron chi connectivity index (χ3n) is 3.42. The molecule has 0 fully saturated rings. The van der Waals surface area contributed by atoms with Crippen molar-refractivity contribution in [3.8, 4) is 11.5 Å². The van der Waals surface area contributed by atoms with Gasteiger partial charge in [0.1, 0.15) is 17.6 Å². The Morgan fingerprint density at radius 1 is 1.32 bits per heavy atom. The summed E-state index contributed by atoms with van der Waals surface area (Å²) in [7, 11) is 1.38. The number of hydrogen-bond donors (Lipinski definition) is 1. The number of nitro benzene ring substituents is 1. The first kappa shape index (κ1) is 14.1. The second kappa shape index (κ2) is 5.50. The maximum absolute atomic E-state index is 11.0. The van der Waals surface area contributed by atoms with Gasteiger partial charge in [-0.3, -0.25) is 10.1 Å². The first-order valence-electron chi connectivity index (χ1n) is 6.59. The van der Waals surface area contributed by atoms with E-state index in [0.717, 1.165) is 0 Å². The van der Waals surface area contributed by atoms with Gasteiger partial charge in [0.05, 0.1) is 12.0 Å². The van der Waals surface area contributed by atoms with Gasteiger partial charge in [-0.2, -0.15) is 0 Å². The molecule has 0 spiro atoms. The smallest absolute Gasteiger partial charge is 0.311 e. The van der Waals surface area contributed by atoms with Gasteiger partial charge < -0.3 is 14.6 Å². The zero-order valence-corrected chi connectivity index (χ0v) is 11.7. The van der Waals surface area contributed by atoms with Crippen molar-refractivity contribution < 1.29 is 19.5 Å². The molecule has 0 radical (unpaired) electrons. The predicted octanol–water partition coefficient (Wildman–Crippen LogP) is 3.07. The number of nitrogens with zero attached hydrogens (tertiary/aromatic N) is 1. The molecular weight excluding hydrogens is 286 g/mol. The van der Waals surface area contributed by atoms with Gasteiger partial charge in [0.15, 0.2) is 5.75 Å². The lowest BCUT2D eigenvalue weighted by molar-refractivity contribution is -0.385. The fourth-order valence-corrected chi connectivity index (χ4v) is 2.35. The lowest BCUT2D eigenvalue weighted by Crippen LogP contribution is -1.98.